The van der Waals surface area contributed by atoms with Crippen LogP contribution in [-0.4, -0.2) is 28.5 Å². The van der Waals surface area contributed by atoms with Gasteiger partial charge < -0.3 is 15.0 Å². The first-order valence-corrected chi connectivity index (χ1v) is 3.88. The van der Waals surface area contributed by atoms with Gasteiger partial charge in [-0.1, -0.05) is 0 Å². The van der Waals surface area contributed by atoms with Crippen molar-refractivity contribution in [1.82, 2.24) is 14.8 Å². The Morgan fingerprint density at radius 1 is 1.75 bits per heavy atom. The second-order valence-electron chi connectivity index (χ2n) is 2.66. The summed E-state index contributed by atoms with van der Waals surface area (Å²) in [5.74, 6) is 0.798. The van der Waals surface area contributed by atoms with E-state index in [0.717, 1.165) is 12.4 Å². The molecule has 0 fully saturated rings. The molecule has 5 heteroatoms. The van der Waals surface area contributed by atoms with Crippen molar-refractivity contribution in [3.05, 3.63) is 12.2 Å². The number of nitrogens with zero attached hydrogens (tertiary/aromatic N) is 3. The Morgan fingerprint density at radius 2 is 2.50 bits per heavy atom. The number of aromatic nitrogens is 3. The maximum absolute atomic E-state index is 5.67. The van der Waals surface area contributed by atoms with Crippen LogP contribution in [0.15, 0.2) is 6.33 Å². The van der Waals surface area contributed by atoms with Crippen molar-refractivity contribution in [3.8, 4) is 0 Å². The summed E-state index contributed by atoms with van der Waals surface area (Å²) in [6, 6.07) is -0.0793. The van der Waals surface area contributed by atoms with E-state index in [-0.39, 0.29) is 6.04 Å². The average Bonchev–Trinajstić information content (AvgIpc) is 2.48. The fraction of sp³-hybridized carbons (Fsp3) is 0.714. The van der Waals surface area contributed by atoms with E-state index >= 15 is 0 Å². The molecule has 1 heterocycles. The van der Waals surface area contributed by atoms with E-state index in [1.54, 1.807) is 13.4 Å². The van der Waals surface area contributed by atoms with Crippen molar-refractivity contribution in [2.75, 3.05) is 13.7 Å². The fourth-order valence-corrected chi connectivity index (χ4v) is 0.978. The molecule has 5 nitrogen and oxygen atoms in total. The molecule has 1 rings (SSSR count). The van der Waals surface area contributed by atoms with E-state index in [4.69, 9.17) is 10.5 Å². The monoisotopic (exact) mass is 170 g/mol. The van der Waals surface area contributed by atoms with Gasteiger partial charge in [0.2, 0.25) is 0 Å². The van der Waals surface area contributed by atoms with Gasteiger partial charge in [-0.25, -0.2) is 0 Å². The number of ether oxygens (including phenoxy) is 1. The smallest absolute Gasteiger partial charge is 0.149 e. The van der Waals surface area contributed by atoms with Gasteiger partial charge in [-0.3, -0.25) is 0 Å². The molecule has 2 N–H and O–H groups in total. The second kappa shape index (κ2) is 4.18. The van der Waals surface area contributed by atoms with Crippen molar-refractivity contribution >= 4 is 0 Å². The van der Waals surface area contributed by atoms with Crippen LogP contribution in [0.3, 0.4) is 0 Å². The summed E-state index contributed by atoms with van der Waals surface area (Å²) in [5.41, 5.74) is 5.67. The van der Waals surface area contributed by atoms with Crippen LogP contribution in [-0.2, 0) is 11.3 Å². The van der Waals surface area contributed by atoms with E-state index in [9.17, 15) is 0 Å². The molecule has 1 aromatic rings. The number of methoxy groups -OCH3 is 1. The summed E-state index contributed by atoms with van der Waals surface area (Å²) < 4.78 is 6.83. The minimum Gasteiger partial charge on any atom is -0.383 e. The molecule has 0 spiro atoms. The van der Waals surface area contributed by atoms with E-state index in [1.165, 1.54) is 0 Å². The van der Waals surface area contributed by atoms with Gasteiger partial charge in [-0.05, 0) is 6.92 Å². The molecule has 0 unspecified atom stereocenters. The molecular formula is C7H14N4O. The highest BCUT2D eigenvalue weighted by atomic mass is 16.5. The summed E-state index contributed by atoms with van der Waals surface area (Å²) in [6.45, 7) is 3.28. The summed E-state index contributed by atoms with van der Waals surface area (Å²) >= 11 is 0. The molecule has 68 valence electrons. The fourth-order valence-electron chi connectivity index (χ4n) is 0.978. The third kappa shape index (κ3) is 2.02. The standard InChI is InChI=1S/C7H14N4O/c1-6(8)7-10-9-5-11(7)3-4-12-2/h5-6H,3-4,8H2,1-2H3/t6-/m0/s1. The Labute approximate surface area is 71.5 Å². The molecule has 0 saturated heterocycles. The maximum Gasteiger partial charge on any atom is 0.149 e. The van der Waals surface area contributed by atoms with E-state index in [1.807, 2.05) is 11.5 Å². The topological polar surface area (TPSA) is 66.0 Å². The van der Waals surface area contributed by atoms with Crippen molar-refractivity contribution < 1.29 is 4.74 Å². The van der Waals surface area contributed by atoms with E-state index in [0.29, 0.717) is 6.61 Å². The van der Waals surface area contributed by atoms with Gasteiger partial charge in [-0.15, -0.1) is 10.2 Å². The van der Waals surface area contributed by atoms with E-state index < -0.39 is 0 Å². The zero-order chi connectivity index (χ0) is 8.97. The van der Waals surface area contributed by atoms with Crippen LogP contribution in [0.4, 0.5) is 0 Å². The zero-order valence-corrected chi connectivity index (χ0v) is 7.40. The molecule has 0 aliphatic heterocycles. The van der Waals surface area contributed by atoms with Gasteiger partial charge in [0.05, 0.1) is 12.6 Å². The first kappa shape index (κ1) is 9.15. The highest BCUT2D eigenvalue weighted by Crippen LogP contribution is 2.04. The highest BCUT2D eigenvalue weighted by Gasteiger charge is 2.07. The van der Waals surface area contributed by atoms with Crippen LogP contribution in [0.25, 0.3) is 0 Å². The van der Waals surface area contributed by atoms with Gasteiger partial charge in [0.15, 0.2) is 0 Å². The summed E-state index contributed by atoms with van der Waals surface area (Å²) in [7, 11) is 1.66. The third-order valence-corrected chi connectivity index (χ3v) is 1.59. The molecule has 0 saturated carbocycles. The Hall–Kier alpha value is -0.940. The molecule has 0 aliphatic rings. The van der Waals surface area contributed by atoms with Crippen LogP contribution in [0.2, 0.25) is 0 Å². The maximum atomic E-state index is 5.67. The Bertz CT molecular complexity index is 233. The lowest BCUT2D eigenvalue weighted by molar-refractivity contribution is 0.186. The molecule has 0 bridgehead atoms. The van der Waals surface area contributed by atoms with Gasteiger partial charge in [0.1, 0.15) is 12.2 Å². The summed E-state index contributed by atoms with van der Waals surface area (Å²) in [5, 5.41) is 7.67. The highest BCUT2D eigenvalue weighted by molar-refractivity contribution is 4.91. The lowest BCUT2D eigenvalue weighted by atomic mass is 10.3. The van der Waals surface area contributed by atoms with Crippen LogP contribution >= 0.6 is 0 Å². The predicted octanol–water partition coefficient (Wildman–Crippen LogP) is -0.0558. The molecule has 12 heavy (non-hydrogen) atoms. The van der Waals surface area contributed by atoms with Gasteiger partial charge in [0.25, 0.3) is 0 Å². The minimum absolute atomic E-state index is 0.0793. The van der Waals surface area contributed by atoms with Crippen molar-refractivity contribution in [3.63, 3.8) is 0 Å². The average molecular weight is 170 g/mol. The molecule has 0 radical (unpaired) electrons. The molecule has 0 aromatic carbocycles. The van der Waals surface area contributed by atoms with Crippen LogP contribution < -0.4 is 5.73 Å². The normalized spacial score (nSPS) is 13.2. The second-order valence-corrected chi connectivity index (χ2v) is 2.66. The van der Waals surface area contributed by atoms with Crippen LogP contribution in [0, 0.1) is 0 Å². The number of hydrogen-bond acceptors (Lipinski definition) is 4. The number of nitrogens with two attached hydrogens (primary N) is 1. The molecular weight excluding hydrogens is 156 g/mol. The Balaban J connectivity index is 2.64. The lowest BCUT2D eigenvalue weighted by Crippen LogP contribution is -2.15. The molecule has 0 amide bonds. The first-order valence-electron chi connectivity index (χ1n) is 3.88. The quantitative estimate of drug-likeness (QED) is 0.687. The first-order chi connectivity index (χ1) is 5.75. The van der Waals surface area contributed by atoms with Crippen molar-refractivity contribution in [2.24, 2.45) is 5.73 Å². The minimum atomic E-state index is -0.0793. The number of hydrogen-bond donors (Lipinski definition) is 1. The molecule has 1 aromatic heterocycles. The largest absolute Gasteiger partial charge is 0.383 e. The zero-order valence-electron chi connectivity index (χ0n) is 7.40. The Morgan fingerprint density at radius 3 is 3.08 bits per heavy atom. The third-order valence-electron chi connectivity index (χ3n) is 1.59. The van der Waals surface area contributed by atoms with Gasteiger partial charge in [0, 0.05) is 13.7 Å². The lowest BCUT2D eigenvalue weighted by Gasteiger charge is -2.07. The van der Waals surface area contributed by atoms with E-state index in [2.05, 4.69) is 10.2 Å². The van der Waals surface area contributed by atoms with Gasteiger partial charge >= 0.3 is 0 Å². The Kier molecular flexibility index (Phi) is 3.19. The SMILES string of the molecule is COCCn1cnnc1[C@H](C)N. The number of rotatable bonds is 4. The van der Waals surface area contributed by atoms with Gasteiger partial charge in [-0.2, -0.15) is 0 Å². The van der Waals surface area contributed by atoms with Crippen LogP contribution in [0.1, 0.15) is 18.8 Å². The van der Waals surface area contributed by atoms with Crippen molar-refractivity contribution in [2.45, 2.75) is 19.5 Å². The van der Waals surface area contributed by atoms with Crippen LogP contribution in [0.5, 0.6) is 0 Å². The molecule has 0 aliphatic carbocycles. The van der Waals surface area contributed by atoms with Crippen molar-refractivity contribution in [1.29, 1.82) is 0 Å². The summed E-state index contributed by atoms with van der Waals surface area (Å²) in [4.78, 5) is 0. The summed E-state index contributed by atoms with van der Waals surface area (Å²) in [6.07, 6.45) is 1.66. The molecule has 1 atom stereocenters. The predicted molar refractivity (Wildman–Crippen MR) is 44.5 cm³/mol.